The Morgan fingerprint density at radius 3 is 1.56 bits per heavy atom. The van der Waals surface area contributed by atoms with Gasteiger partial charge in [0.2, 0.25) is 0 Å². The fraction of sp³-hybridized carbons (Fsp3) is 1.00. The molecule has 0 radical (unpaired) electrons. The highest BCUT2D eigenvalue weighted by Crippen LogP contribution is 2.23. The molecule has 0 unspecified atom stereocenters. The van der Waals surface area contributed by atoms with Gasteiger partial charge in [-0.15, -0.1) is 0 Å². The summed E-state index contributed by atoms with van der Waals surface area (Å²) in [5.41, 5.74) is 0. The van der Waals surface area contributed by atoms with Crippen molar-refractivity contribution >= 4 is 0 Å². The van der Waals surface area contributed by atoms with Crippen LogP contribution in [0.15, 0.2) is 0 Å². The van der Waals surface area contributed by atoms with Crippen LogP contribution in [0.25, 0.3) is 0 Å². The summed E-state index contributed by atoms with van der Waals surface area (Å²) in [7, 11) is 0. The normalized spacial score (nSPS) is 11.3. The molecule has 0 rings (SSSR count). The van der Waals surface area contributed by atoms with Gasteiger partial charge in [0.1, 0.15) is 0 Å². The number of hydrogen-bond acceptors (Lipinski definition) is 0. The smallest absolute Gasteiger partial charge is 0.171 e. The van der Waals surface area contributed by atoms with Gasteiger partial charge in [0.25, 0.3) is 0 Å². The first kappa shape index (κ1) is 11.6. The van der Waals surface area contributed by atoms with Crippen LogP contribution in [0.5, 0.6) is 0 Å². The van der Waals surface area contributed by atoms with Crippen molar-refractivity contribution in [2.75, 3.05) is 0 Å². The molecule has 0 saturated carbocycles. The molecule has 0 aromatic carbocycles. The lowest BCUT2D eigenvalue weighted by molar-refractivity contribution is -0.141. The van der Waals surface area contributed by atoms with Crippen molar-refractivity contribution in [3.8, 4) is 0 Å². The van der Waals surface area contributed by atoms with Crippen LogP contribution in [0.4, 0.5) is 13.2 Å². The summed E-state index contributed by atoms with van der Waals surface area (Å²) >= 11 is 0. The first-order valence-electron chi connectivity index (χ1n) is 2.48. The average molecular weight is 142 g/mol. The van der Waals surface area contributed by atoms with Crippen LogP contribution >= 0.6 is 0 Å². The molecule has 3 heteroatoms. The SMILES string of the molecule is C.CC(C)CC(F)(F)F. The molecule has 0 spiro atoms. The lowest BCUT2D eigenvalue weighted by Crippen LogP contribution is -2.10. The Hall–Kier alpha value is -0.210. The first-order chi connectivity index (χ1) is 3.42. The van der Waals surface area contributed by atoms with Gasteiger partial charge in [-0.3, -0.25) is 0 Å². The van der Waals surface area contributed by atoms with E-state index in [1.807, 2.05) is 0 Å². The predicted molar refractivity (Wildman–Crippen MR) is 32.2 cm³/mol. The number of halogens is 3. The summed E-state index contributed by atoms with van der Waals surface area (Å²) in [5.74, 6) is -0.282. The molecule has 0 aliphatic heterocycles. The molecule has 0 nitrogen and oxygen atoms in total. The van der Waals surface area contributed by atoms with Gasteiger partial charge >= 0.3 is 6.18 Å². The molecule has 0 aliphatic carbocycles. The number of rotatable bonds is 1. The van der Waals surface area contributed by atoms with Gasteiger partial charge in [0.15, 0.2) is 0 Å². The Morgan fingerprint density at radius 2 is 1.56 bits per heavy atom. The van der Waals surface area contributed by atoms with E-state index in [4.69, 9.17) is 0 Å². The van der Waals surface area contributed by atoms with E-state index >= 15 is 0 Å². The summed E-state index contributed by atoms with van der Waals surface area (Å²) in [6, 6.07) is 0. The predicted octanol–water partition coefficient (Wildman–Crippen LogP) is 3.23. The van der Waals surface area contributed by atoms with Crippen LogP contribution in [0.1, 0.15) is 27.7 Å². The summed E-state index contributed by atoms with van der Waals surface area (Å²) in [6.45, 7) is 3.10. The third kappa shape index (κ3) is 11.4. The van der Waals surface area contributed by atoms with Crippen LogP contribution in [-0.4, -0.2) is 6.18 Å². The van der Waals surface area contributed by atoms with Crippen LogP contribution in [-0.2, 0) is 0 Å². The Bertz CT molecular complexity index is 63.2. The lowest BCUT2D eigenvalue weighted by atomic mass is 10.1. The topological polar surface area (TPSA) is 0 Å². The molecule has 0 atom stereocenters. The zero-order valence-electron chi connectivity index (χ0n) is 4.92. The van der Waals surface area contributed by atoms with Gasteiger partial charge in [0.05, 0.1) is 0 Å². The highest BCUT2D eigenvalue weighted by Gasteiger charge is 2.27. The molecule has 0 N–H and O–H groups in total. The van der Waals surface area contributed by atoms with Gasteiger partial charge in [-0.25, -0.2) is 0 Å². The fourth-order valence-corrected chi connectivity index (χ4v) is 0.463. The Kier molecular flexibility index (Phi) is 4.82. The monoisotopic (exact) mass is 142 g/mol. The second-order valence-corrected chi connectivity index (χ2v) is 2.21. The van der Waals surface area contributed by atoms with E-state index in [1.54, 1.807) is 13.8 Å². The molecule has 0 fully saturated rings. The minimum Gasteiger partial charge on any atom is -0.171 e. The lowest BCUT2D eigenvalue weighted by Gasteiger charge is -2.07. The zero-order chi connectivity index (χ0) is 6.78. The molecule has 0 aliphatic rings. The van der Waals surface area contributed by atoms with Crippen LogP contribution in [0.2, 0.25) is 0 Å². The molecular formula is C6H13F3. The standard InChI is InChI=1S/C5H9F3.CH4/c1-4(2)3-5(6,7)8;/h4H,3H2,1-2H3;1H4. The van der Waals surface area contributed by atoms with Crippen LogP contribution in [0.3, 0.4) is 0 Å². The molecule has 0 saturated heterocycles. The molecule has 0 aromatic rings. The van der Waals surface area contributed by atoms with Gasteiger partial charge in [-0.2, -0.15) is 13.2 Å². The largest absolute Gasteiger partial charge is 0.389 e. The minimum atomic E-state index is -3.98. The summed E-state index contributed by atoms with van der Waals surface area (Å²) in [4.78, 5) is 0. The summed E-state index contributed by atoms with van der Waals surface area (Å²) in [5, 5.41) is 0. The van der Waals surface area contributed by atoms with E-state index < -0.39 is 12.6 Å². The highest BCUT2D eigenvalue weighted by molar-refractivity contribution is 4.52. The third-order valence-corrected chi connectivity index (χ3v) is 0.640. The number of hydrogen-bond donors (Lipinski definition) is 0. The molecule has 9 heavy (non-hydrogen) atoms. The molecule has 0 amide bonds. The van der Waals surface area contributed by atoms with Gasteiger partial charge in [-0.1, -0.05) is 21.3 Å². The Balaban J connectivity index is 0. The van der Waals surface area contributed by atoms with Crippen molar-refractivity contribution in [3.63, 3.8) is 0 Å². The second kappa shape index (κ2) is 3.75. The van der Waals surface area contributed by atoms with E-state index in [0.29, 0.717) is 0 Å². The molecule has 0 heterocycles. The molecule has 0 bridgehead atoms. The van der Waals surface area contributed by atoms with E-state index in [9.17, 15) is 13.2 Å². The first-order valence-corrected chi connectivity index (χ1v) is 2.48. The molecule has 0 aromatic heterocycles. The molecule has 58 valence electrons. The van der Waals surface area contributed by atoms with Crippen molar-refractivity contribution in [1.29, 1.82) is 0 Å². The van der Waals surface area contributed by atoms with Crippen molar-refractivity contribution < 1.29 is 13.2 Å². The maximum Gasteiger partial charge on any atom is 0.389 e. The Morgan fingerprint density at radius 1 is 1.22 bits per heavy atom. The van der Waals surface area contributed by atoms with Crippen molar-refractivity contribution in [2.24, 2.45) is 5.92 Å². The van der Waals surface area contributed by atoms with Gasteiger partial charge < -0.3 is 0 Å². The zero-order valence-corrected chi connectivity index (χ0v) is 4.92. The van der Waals surface area contributed by atoms with Gasteiger partial charge in [-0.05, 0) is 5.92 Å². The van der Waals surface area contributed by atoms with Crippen LogP contribution in [0, 0.1) is 5.92 Å². The maximum absolute atomic E-state index is 11.3. The van der Waals surface area contributed by atoms with E-state index in [2.05, 4.69) is 0 Å². The van der Waals surface area contributed by atoms with E-state index in [-0.39, 0.29) is 13.3 Å². The average Bonchev–Trinajstić information content (AvgIpc) is 1.21. The van der Waals surface area contributed by atoms with Crippen molar-refractivity contribution in [1.82, 2.24) is 0 Å². The number of alkyl halides is 3. The fourth-order valence-electron chi connectivity index (χ4n) is 0.463. The molecular weight excluding hydrogens is 129 g/mol. The summed E-state index contributed by atoms with van der Waals surface area (Å²) in [6.07, 6.45) is -4.65. The quantitative estimate of drug-likeness (QED) is 0.527. The maximum atomic E-state index is 11.3. The van der Waals surface area contributed by atoms with Crippen LogP contribution < -0.4 is 0 Å². The highest BCUT2D eigenvalue weighted by atomic mass is 19.4. The van der Waals surface area contributed by atoms with Crippen molar-refractivity contribution in [3.05, 3.63) is 0 Å². The van der Waals surface area contributed by atoms with E-state index in [0.717, 1.165) is 0 Å². The summed E-state index contributed by atoms with van der Waals surface area (Å²) < 4.78 is 33.9. The Labute approximate surface area is 54.1 Å². The van der Waals surface area contributed by atoms with Gasteiger partial charge in [0, 0.05) is 6.42 Å². The van der Waals surface area contributed by atoms with Crippen molar-refractivity contribution in [2.45, 2.75) is 33.9 Å². The third-order valence-electron chi connectivity index (χ3n) is 0.640. The minimum absolute atomic E-state index is 0. The van der Waals surface area contributed by atoms with E-state index in [1.165, 1.54) is 0 Å². The second-order valence-electron chi connectivity index (χ2n) is 2.21.